The number of hydrogen-bond acceptors (Lipinski definition) is 3. The Bertz CT molecular complexity index is 392. The number of halogens is 3. The van der Waals surface area contributed by atoms with Gasteiger partial charge in [-0.25, -0.2) is 4.79 Å². The van der Waals surface area contributed by atoms with Gasteiger partial charge >= 0.3 is 12.2 Å². The normalized spacial score (nSPS) is 29.9. The van der Waals surface area contributed by atoms with E-state index in [2.05, 4.69) is 27.3 Å². The number of piperidine rings is 2. The van der Waals surface area contributed by atoms with Gasteiger partial charge in [0.25, 0.3) is 0 Å². The Hall–Kier alpha value is -1.02. The first-order valence-corrected chi connectivity index (χ1v) is 8.18. The molecule has 0 radical (unpaired) electrons. The molecule has 2 N–H and O–H groups in total. The van der Waals surface area contributed by atoms with Gasteiger partial charge in [0, 0.05) is 18.1 Å². The SMILES string of the molecule is C[C@@H](COCC(F)(F)F)NC(=O)NC1C[C@H]2CCC[C@@H](C1)N2C. The highest BCUT2D eigenvalue weighted by atomic mass is 19.4. The maximum atomic E-state index is 12.0. The van der Waals surface area contributed by atoms with Crippen LogP contribution >= 0.6 is 0 Å². The van der Waals surface area contributed by atoms with E-state index in [1.54, 1.807) is 6.92 Å². The molecule has 0 aromatic heterocycles. The molecule has 2 bridgehead atoms. The van der Waals surface area contributed by atoms with Crippen LogP contribution in [0.4, 0.5) is 18.0 Å². The summed E-state index contributed by atoms with van der Waals surface area (Å²) in [5.41, 5.74) is 0. The van der Waals surface area contributed by atoms with Gasteiger partial charge in [-0.1, -0.05) is 6.42 Å². The van der Waals surface area contributed by atoms with Crippen molar-refractivity contribution in [3.8, 4) is 0 Å². The standard InChI is InChI=1S/C15H26F3N3O2/c1-10(8-23-9-15(16,17)18)19-14(22)20-11-6-12-4-3-5-13(7-11)21(12)2/h10-13H,3-9H2,1-2H3,(H2,19,20,22)/t10-,11?,12-,13+/m0/s1. The average molecular weight is 337 g/mol. The molecule has 1 unspecified atom stereocenters. The van der Waals surface area contributed by atoms with Crippen LogP contribution < -0.4 is 10.6 Å². The number of carbonyl (C=O) groups is 1. The molecule has 23 heavy (non-hydrogen) atoms. The molecule has 5 nitrogen and oxygen atoms in total. The van der Waals surface area contributed by atoms with Crippen LogP contribution in [0.15, 0.2) is 0 Å². The predicted molar refractivity (Wildman–Crippen MR) is 80.2 cm³/mol. The Labute approximate surface area is 134 Å². The summed E-state index contributed by atoms with van der Waals surface area (Å²) in [5.74, 6) is 0. The van der Waals surface area contributed by atoms with E-state index in [0.29, 0.717) is 12.1 Å². The van der Waals surface area contributed by atoms with Gasteiger partial charge in [0.1, 0.15) is 6.61 Å². The molecule has 0 saturated carbocycles. The molecule has 2 aliphatic rings. The third kappa shape index (κ3) is 5.84. The van der Waals surface area contributed by atoms with Crippen molar-refractivity contribution in [2.24, 2.45) is 0 Å². The first-order valence-electron chi connectivity index (χ1n) is 8.18. The third-order valence-electron chi connectivity index (χ3n) is 4.69. The zero-order valence-corrected chi connectivity index (χ0v) is 13.7. The van der Waals surface area contributed by atoms with Crippen LogP contribution in [0.2, 0.25) is 0 Å². The van der Waals surface area contributed by atoms with Crippen LogP contribution in [0.25, 0.3) is 0 Å². The number of fused-ring (bicyclic) bond motifs is 2. The molecule has 8 heteroatoms. The van der Waals surface area contributed by atoms with E-state index < -0.39 is 18.8 Å². The molecule has 0 aromatic carbocycles. The Morgan fingerprint density at radius 1 is 1.30 bits per heavy atom. The predicted octanol–water partition coefficient (Wildman–Crippen LogP) is 2.27. The number of nitrogens with zero attached hydrogens (tertiary/aromatic N) is 1. The van der Waals surface area contributed by atoms with Gasteiger partial charge in [-0.15, -0.1) is 0 Å². The lowest BCUT2D eigenvalue weighted by Gasteiger charge is -2.47. The van der Waals surface area contributed by atoms with Crippen molar-refractivity contribution in [2.45, 2.75) is 69.4 Å². The van der Waals surface area contributed by atoms with Gasteiger partial charge in [0.05, 0.1) is 12.6 Å². The van der Waals surface area contributed by atoms with Gasteiger partial charge in [0.15, 0.2) is 0 Å². The quantitative estimate of drug-likeness (QED) is 0.809. The molecule has 0 aliphatic carbocycles. The highest BCUT2D eigenvalue weighted by Gasteiger charge is 2.36. The minimum absolute atomic E-state index is 0.129. The van der Waals surface area contributed by atoms with E-state index in [0.717, 1.165) is 25.7 Å². The summed E-state index contributed by atoms with van der Waals surface area (Å²) in [5, 5.41) is 5.59. The van der Waals surface area contributed by atoms with Crippen LogP contribution in [0.1, 0.15) is 39.0 Å². The zero-order valence-electron chi connectivity index (χ0n) is 13.7. The van der Waals surface area contributed by atoms with Crippen LogP contribution in [0.3, 0.4) is 0 Å². The molecule has 2 fully saturated rings. The van der Waals surface area contributed by atoms with Crippen LogP contribution in [-0.2, 0) is 4.74 Å². The highest BCUT2D eigenvalue weighted by Crippen LogP contribution is 2.32. The minimum Gasteiger partial charge on any atom is -0.370 e. The number of alkyl halides is 3. The fourth-order valence-electron chi connectivity index (χ4n) is 3.58. The van der Waals surface area contributed by atoms with Crippen molar-refractivity contribution in [3.05, 3.63) is 0 Å². The number of carbonyl (C=O) groups excluding carboxylic acids is 1. The van der Waals surface area contributed by atoms with E-state index in [4.69, 9.17) is 0 Å². The summed E-state index contributed by atoms with van der Waals surface area (Å²) in [6, 6.07) is 0.356. The molecule has 2 heterocycles. The van der Waals surface area contributed by atoms with E-state index in [1.807, 2.05) is 0 Å². The van der Waals surface area contributed by atoms with Crippen LogP contribution in [0.5, 0.6) is 0 Å². The van der Waals surface area contributed by atoms with Crippen molar-refractivity contribution in [1.29, 1.82) is 0 Å². The molecule has 2 saturated heterocycles. The van der Waals surface area contributed by atoms with E-state index in [1.165, 1.54) is 6.42 Å². The third-order valence-corrected chi connectivity index (χ3v) is 4.69. The second-order valence-electron chi connectivity index (χ2n) is 6.72. The first kappa shape index (κ1) is 18.3. The zero-order chi connectivity index (χ0) is 17.0. The monoisotopic (exact) mass is 337 g/mol. The lowest BCUT2D eigenvalue weighted by molar-refractivity contribution is -0.174. The van der Waals surface area contributed by atoms with Gasteiger partial charge in [-0.2, -0.15) is 13.2 Å². The fraction of sp³-hybridized carbons (Fsp3) is 0.933. The second kappa shape index (κ2) is 7.70. The maximum Gasteiger partial charge on any atom is 0.411 e. The number of nitrogens with one attached hydrogen (secondary N) is 2. The molecule has 0 aromatic rings. The number of urea groups is 1. The Kier molecular flexibility index (Phi) is 6.13. The summed E-state index contributed by atoms with van der Waals surface area (Å²) < 4.78 is 40.5. The van der Waals surface area contributed by atoms with E-state index in [9.17, 15) is 18.0 Å². The Morgan fingerprint density at radius 3 is 2.48 bits per heavy atom. The number of amides is 2. The van der Waals surface area contributed by atoms with Crippen molar-refractivity contribution in [3.63, 3.8) is 0 Å². The Balaban J connectivity index is 1.68. The minimum atomic E-state index is -4.34. The topological polar surface area (TPSA) is 53.6 Å². The molecular weight excluding hydrogens is 311 g/mol. The number of hydrogen-bond donors (Lipinski definition) is 2. The van der Waals surface area contributed by atoms with Crippen LogP contribution in [-0.4, -0.2) is 61.5 Å². The molecular formula is C15H26F3N3O2. The van der Waals surface area contributed by atoms with E-state index >= 15 is 0 Å². The summed E-state index contributed by atoms with van der Waals surface area (Å²) in [4.78, 5) is 14.4. The molecule has 2 aliphatic heterocycles. The highest BCUT2D eigenvalue weighted by molar-refractivity contribution is 5.74. The lowest BCUT2D eigenvalue weighted by atomic mass is 9.82. The van der Waals surface area contributed by atoms with Crippen molar-refractivity contribution in [2.75, 3.05) is 20.3 Å². The van der Waals surface area contributed by atoms with Crippen molar-refractivity contribution in [1.82, 2.24) is 15.5 Å². The molecule has 134 valence electrons. The number of ether oxygens (including phenoxy) is 1. The first-order chi connectivity index (χ1) is 10.7. The fourth-order valence-corrected chi connectivity index (χ4v) is 3.58. The lowest BCUT2D eigenvalue weighted by Crippen LogP contribution is -2.57. The molecule has 2 amide bonds. The van der Waals surface area contributed by atoms with Gasteiger partial charge in [0.2, 0.25) is 0 Å². The van der Waals surface area contributed by atoms with Crippen molar-refractivity contribution >= 4 is 6.03 Å². The molecule has 0 spiro atoms. The van der Waals surface area contributed by atoms with Crippen molar-refractivity contribution < 1.29 is 22.7 Å². The summed E-state index contributed by atoms with van der Waals surface area (Å²) >= 11 is 0. The van der Waals surface area contributed by atoms with Crippen LogP contribution in [0, 0.1) is 0 Å². The smallest absolute Gasteiger partial charge is 0.370 e. The van der Waals surface area contributed by atoms with Gasteiger partial charge in [-0.05, 0) is 39.7 Å². The second-order valence-corrected chi connectivity index (χ2v) is 6.72. The summed E-state index contributed by atoms with van der Waals surface area (Å²) in [7, 11) is 2.14. The Morgan fingerprint density at radius 2 is 1.91 bits per heavy atom. The maximum absolute atomic E-state index is 12.0. The summed E-state index contributed by atoms with van der Waals surface area (Å²) in [6.07, 6.45) is 1.09. The number of rotatable bonds is 5. The van der Waals surface area contributed by atoms with E-state index in [-0.39, 0.29) is 18.7 Å². The van der Waals surface area contributed by atoms with Gasteiger partial charge in [-0.3, -0.25) is 0 Å². The largest absolute Gasteiger partial charge is 0.411 e. The average Bonchev–Trinajstić information content (AvgIpc) is 2.38. The summed E-state index contributed by atoms with van der Waals surface area (Å²) in [6.45, 7) is 0.171. The molecule has 4 atom stereocenters. The molecule has 2 rings (SSSR count). The van der Waals surface area contributed by atoms with Gasteiger partial charge < -0.3 is 20.3 Å².